The molecule has 0 saturated carbocycles. The Balaban J connectivity index is 2.39. The molecule has 4 nitrogen and oxygen atoms in total. The van der Waals surface area contributed by atoms with Crippen LogP contribution in [0.2, 0.25) is 0 Å². The predicted octanol–water partition coefficient (Wildman–Crippen LogP) is 0.510. The van der Waals surface area contributed by atoms with Crippen LogP contribution in [-0.2, 0) is 4.79 Å². The zero-order valence-corrected chi connectivity index (χ0v) is 7.10. The van der Waals surface area contributed by atoms with E-state index in [0.717, 1.165) is 5.69 Å². The number of nitrogens with one attached hydrogen (secondary N) is 1. The number of rotatable bonds is 4. The number of carboxylic acids is 1. The van der Waals surface area contributed by atoms with Gasteiger partial charge in [-0.2, -0.15) is 0 Å². The monoisotopic (exact) mass is 180 g/mol. The number of hydrogen-bond acceptors (Lipinski definition) is 3. The van der Waals surface area contributed by atoms with E-state index in [4.69, 9.17) is 10.8 Å². The van der Waals surface area contributed by atoms with Gasteiger partial charge in [0, 0.05) is 12.2 Å². The van der Waals surface area contributed by atoms with Gasteiger partial charge in [-0.05, 0) is 12.1 Å². The number of carbonyl (C=O) groups is 1. The molecule has 1 rings (SSSR count). The average molecular weight is 180 g/mol. The lowest BCUT2D eigenvalue weighted by molar-refractivity contribution is -0.138. The van der Waals surface area contributed by atoms with Gasteiger partial charge in [0.05, 0.1) is 0 Å². The van der Waals surface area contributed by atoms with Crippen LogP contribution in [0, 0.1) is 0 Å². The van der Waals surface area contributed by atoms with Gasteiger partial charge in [-0.1, -0.05) is 18.2 Å². The SMILES string of the molecule is N[C@H](CNc1ccccc1)C(=O)O. The summed E-state index contributed by atoms with van der Waals surface area (Å²) in [4.78, 5) is 10.4. The molecule has 1 aromatic carbocycles. The normalized spacial score (nSPS) is 12.1. The highest BCUT2D eigenvalue weighted by atomic mass is 16.4. The van der Waals surface area contributed by atoms with Crippen molar-refractivity contribution < 1.29 is 9.90 Å². The van der Waals surface area contributed by atoms with Gasteiger partial charge in [-0.25, -0.2) is 0 Å². The smallest absolute Gasteiger partial charge is 0.322 e. The average Bonchev–Trinajstić information content (AvgIpc) is 2.15. The summed E-state index contributed by atoms with van der Waals surface area (Å²) in [6.45, 7) is 0.235. The van der Waals surface area contributed by atoms with E-state index in [1.54, 1.807) is 0 Å². The molecule has 0 saturated heterocycles. The highest BCUT2D eigenvalue weighted by molar-refractivity contribution is 5.74. The molecule has 4 N–H and O–H groups in total. The van der Waals surface area contributed by atoms with Crippen LogP contribution in [0.4, 0.5) is 5.69 Å². The lowest BCUT2D eigenvalue weighted by Gasteiger charge is -2.08. The first-order valence-corrected chi connectivity index (χ1v) is 3.97. The molecular formula is C9H12N2O2. The maximum atomic E-state index is 10.4. The fourth-order valence-electron chi connectivity index (χ4n) is 0.871. The second-order valence-electron chi connectivity index (χ2n) is 2.69. The maximum absolute atomic E-state index is 10.4. The third kappa shape index (κ3) is 3.13. The first kappa shape index (κ1) is 9.54. The molecule has 0 fully saturated rings. The Morgan fingerprint density at radius 1 is 1.46 bits per heavy atom. The first-order chi connectivity index (χ1) is 6.20. The molecule has 70 valence electrons. The largest absolute Gasteiger partial charge is 0.480 e. The van der Waals surface area contributed by atoms with E-state index >= 15 is 0 Å². The number of aliphatic carboxylic acids is 1. The van der Waals surface area contributed by atoms with Crippen molar-refractivity contribution in [3.63, 3.8) is 0 Å². The maximum Gasteiger partial charge on any atom is 0.322 e. The van der Waals surface area contributed by atoms with E-state index in [0.29, 0.717) is 0 Å². The molecule has 1 aromatic rings. The molecule has 0 unspecified atom stereocenters. The van der Waals surface area contributed by atoms with E-state index in [1.165, 1.54) is 0 Å². The van der Waals surface area contributed by atoms with Crippen molar-refractivity contribution in [2.75, 3.05) is 11.9 Å². The molecule has 0 aliphatic rings. The summed E-state index contributed by atoms with van der Waals surface area (Å²) >= 11 is 0. The summed E-state index contributed by atoms with van der Waals surface area (Å²) < 4.78 is 0. The van der Waals surface area contributed by atoms with Gasteiger partial charge < -0.3 is 16.2 Å². The van der Waals surface area contributed by atoms with Crippen LogP contribution in [0.1, 0.15) is 0 Å². The quantitative estimate of drug-likeness (QED) is 0.631. The zero-order valence-electron chi connectivity index (χ0n) is 7.10. The van der Waals surface area contributed by atoms with Gasteiger partial charge >= 0.3 is 5.97 Å². The Hall–Kier alpha value is -1.55. The molecule has 1 atom stereocenters. The number of para-hydroxylation sites is 1. The third-order valence-corrected chi connectivity index (χ3v) is 1.62. The predicted molar refractivity (Wildman–Crippen MR) is 50.5 cm³/mol. The van der Waals surface area contributed by atoms with Crippen molar-refractivity contribution in [2.45, 2.75) is 6.04 Å². The number of hydrogen-bond donors (Lipinski definition) is 3. The van der Waals surface area contributed by atoms with Crippen molar-refractivity contribution in [1.82, 2.24) is 0 Å². The van der Waals surface area contributed by atoms with Gasteiger partial charge in [0.25, 0.3) is 0 Å². The van der Waals surface area contributed by atoms with Crippen molar-refractivity contribution in [2.24, 2.45) is 5.73 Å². The third-order valence-electron chi connectivity index (χ3n) is 1.62. The minimum Gasteiger partial charge on any atom is -0.480 e. The van der Waals surface area contributed by atoms with Crippen LogP contribution in [0.25, 0.3) is 0 Å². The lowest BCUT2D eigenvalue weighted by Crippen LogP contribution is -2.36. The van der Waals surface area contributed by atoms with E-state index < -0.39 is 12.0 Å². The molecule has 13 heavy (non-hydrogen) atoms. The number of carboxylic acid groups (broad SMARTS) is 1. The van der Waals surface area contributed by atoms with E-state index in [1.807, 2.05) is 30.3 Å². The first-order valence-electron chi connectivity index (χ1n) is 3.97. The number of anilines is 1. The zero-order chi connectivity index (χ0) is 9.68. The summed E-state index contributed by atoms with van der Waals surface area (Å²) in [6.07, 6.45) is 0. The Morgan fingerprint density at radius 3 is 2.62 bits per heavy atom. The van der Waals surface area contributed by atoms with Gasteiger partial charge in [0.15, 0.2) is 0 Å². The summed E-state index contributed by atoms with van der Waals surface area (Å²) in [5.41, 5.74) is 6.18. The van der Waals surface area contributed by atoms with Gasteiger partial charge in [-0.15, -0.1) is 0 Å². The number of benzene rings is 1. The van der Waals surface area contributed by atoms with Crippen LogP contribution in [0.3, 0.4) is 0 Å². The van der Waals surface area contributed by atoms with Crippen LogP contribution < -0.4 is 11.1 Å². The molecule has 0 aliphatic heterocycles. The van der Waals surface area contributed by atoms with Crippen LogP contribution >= 0.6 is 0 Å². The molecule has 0 heterocycles. The van der Waals surface area contributed by atoms with Gasteiger partial charge in [0.1, 0.15) is 6.04 Å². The molecule has 0 amide bonds. The van der Waals surface area contributed by atoms with Crippen LogP contribution in [0.5, 0.6) is 0 Å². The fourth-order valence-corrected chi connectivity index (χ4v) is 0.871. The fraction of sp³-hybridized carbons (Fsp3) is 0.222. The highest BCUT2D eigenvalue weighted by Gasteiger charge is 2.09. The Kier molecular flexibility index (Phi) is 3.28. The van der Waals surface area contributed by atoms with Crippen molar-refractivity contribution >= 4 is 11.7 Å². The Morgan fingerprint density at radius 2 is 2.08 bits per heavy atom. The molecule has 0 radical (unpaired) electrons. The highest BCUT2D eigenvalue weighted by Crippen LogP contribution is 2.03. The summed E-state index contributed by atoms with van der Waals surface area (Å²) in [5.74, 6) is -0.997. The minimum atomic E-state index is -0.997. The van der Waals surface area contributed by atoms with Crippen molar-refractivity contribution in [1.29, 1.82) is 0 Å². The Bertz CT molecular complexity index is 274. The van der Waals surface area contributed by atoms with Crippen molar-refractivity contribution in [3.8, 4) is 0 Å². The van der Waals surface area contributed by atoms with Gasteiger partial charge in [0.2, 0.25) is 0 Å². The summed E-state index contributed by atoms with van der Waals surface area (Å²) in [6, 6.07) is 8.48. The summed E-state index contributed by atoms with van der Waals surface area (Å²) in [5, 5.41) is 11.4. The molecule has 4 heteroatoms. The molecule has 0 aromatic heterocycles. The topological polar surface area (TPSA) is 75.3 Å². The second-order valence-corrected chi connectivity index (χ2v) is 2.69. The van der Waals surface area contributed by atoms with Gasteiger partial charge in [-0.3, -0.25) is 4.79 Å². The molecular weight excluding hydrogens is 168 g/mol. The lowest BCUT2D eigenvalue weighted by atomic mass is 10.3. The second kappa shape index (κ2) is 4.47. The van der Waals surface area contributed by atoms with Crippen LogP contribution in [-0.4, -0.2) is 23.7 Å². The molecule has 0 spiro atoms. The molecule has 0 bridgehead atoms. The minimum absolute atomic E-state index is 0.235. The summed E-state index contributed by atoms with van der Waals surface area (Å²) in [7, 11) is 0. The van der Waals surface area contributed by atoms with E-state index in [9.17, 15) is 4.79 Å². The standard InChI is InChI=1S/C9H12N2O2/c10-8(9(12)13)6-11-7-4-2-1-3-5-7/h1-5,8,11H,6,10H2,(H,12,13)/t8-/m1/s1. The van der Waals surface area contributed by atoms with E-state index in [-0.39, 0.29) is 6.54 Å². The number of nitrogens with two attached hydrogens (primary N) is 1. The van der Waals surface area contributed by atoms with Crippen molar-refractivity contribution in [3.05, 3.63) is 30.3 Å². The molecule has 0 aliphatic carbocycles. The van der Waals surface area contributed by atoms with Crippen LogP contribution in [0.15, 0.2) is 30.3 Å². The van der Waals surface area contributed by atoms with E-state index in [2.05, 4.69) is 5.32 Å². The Labute approximate surface area is 76.4 Å².